The molecule has 4 nitrogen and oxygen atoms in total. The first kappa shape index (κ1) is 14.4. The number of rotatable bonds is 5. The number of aromatic nitrogens is 1. The van der Waals surface area contributed by atoms with Crippen molar-refractivity contribution in [1.29, 1.82) is 0 Å². The number of carbonyl (C=O) groups excluding carboxylic acids is 1. The molecule has 21 heavy (non-hydrogen) atoms. The maximum Gasteiger partial charge on any atom is 0.268 e. The van der Waals surface area contributed by atoms with Gasteiger partial charge in [0.15, 0.2) is 0 Å². The third-order valence-electron chi connectivity index (χ3n) is 3.70. The summed E-state index contributed by atoms with van der Waals surface area (Å²) in [5, 5.41) is 2.98. The SMILES string of the molecule is NCc1ccc(CNC(=O)c2cc(Br)cn2C2CC2)cc1. The normalized spacial score (nSPS) is 14.2. The largest absolute Gasteiger partial charge is 0.347 e. The third kappa shape index (κ3) is 3.36. The molecular weight excluding hydrogens is 330 g/mol. The molecule has 0 unspecified atom stereocenters. The minimum Gasteiger partial charge on any atom is -0.347 e. The molecule has 0 radical (unpaired) electrons. The predicted molar refractivity (Wildman–Crippen MR) is 85.9 cm³/mol. The van der Waals surface area contributed by atoms with E-state index in [0.29, 0.717) is 19.1 Å². The maximum absolute atomic E-state index is 12.3. The van der Waals surface area contributed by atoms with Gasteiger partial charge in [-0.3, -0.25) is 4.79 Å². The Morgan fingerprint density at radius 1 is 1.29 bits per heavy atom. The third-order valence-corrected chi connectivity index (χ3v) is 4.13. The quantitative estimate of drug-likeness (QED) is 0.873. The van der Waals surface area contributed by atoms with E-state index in [4.69, 9.17) is 5.73 Å². The summed E-state index contributed by atoms with van der Waals surface area (Å²) in [7, 11) is 0. The summed E-state index contributed by atoms with van der Waals surface area (Å²) >= 11 is 3.45. The fraction of sp³-hybridized carbons (Fsp3) is 0.312. The van der Waals surface area contributed by atoms with Gasteiger partial charge in [0.1, 0.15) is 5.69 Å². The second kappa shape index (κ2) is 6.03. The van der Waals surface area contributed by atoms with Gasteiger partial charge in [-0.1, -0.05) is 24.3 Å². The van der Waals surface area contributed by atoms with Crippen LogP contribution < -0.4 is 11.1 Å². The van der Waals surface area contributed by atoms with Crippen LogP contribution in [0, 0.1) is 0 Å². The van der Waals surface area contributed by atoms with Gasteiger partial charge in [0.05, 0.1) is 0 Å². The Bertz CT molecular complexity index is 644. The van der Waals surface area contributed by atoms with E-state index in [9.17, 15) is 4.79 Å². The van der Waals surface area contributed by atoms with Gasteiger partial charge >= 0.3 is 0 Å². The summed E-state index contributed by atoms with van der Waals surface area (Å²) in [5.41, 5.74) is 8.47. The van der Waals surface area contributed by atoms with Gasteiger partial charge in [-0.05, 0) is 46.0 Å². The van der Waals surface area contributed by atoms with Crippen molar-refractivity contribution in [2.45, 2.75) is 32.0 Å². The van der Waals surface area contributed by atoms with Crippen LogP contribution in [-0.2, 0) is 13.1 Å². The van der Waals surface area contributed by atoms with Crippen LogP contribution in [0.2, 0.25) is 0 Å². The maximum atomic E-state index is 12.3. The minimum atomic E-state index is -0.0319. The topological polar surface area (TPSA) is 60.0 Å². The van der Waals surface area contributed by atoms with Gasteiger partial charge < -0.3 is 15.6 Å². The number of nitrogens with two attached hydrogens (primary N) is 1. The highest BCUT2D eigenvalue weighted by Crippen LogP contribution is 2.37. The van der Waals surface area contributed by atoms with E-state index in [2.05, 4.69) is 25.8 Å². The van der Waals surface area contributed by atoms with E-state index >= 15 is 0 Å². The second-order valence-electron chi connectivity index (χ2n) is 5.39. The summed E-state index contributed by atoms with van der Waals surface area (Å²) in [6.45, 7) is 1.06. The van der Waals surface area contributed by atoms with E-state index in [1.54, 1.807) is 0 Å². The first-order valence-corrected chi connectivity index (χ1v) is 7.90. The molecule has 5 heteroatoms. The molecule has 0 atom stereocenters. The Hall–Kier alpha value is -1.59. The number of amides is 1. The molecule has 1 amide bonds. The predicted octanol–water partition coefficient (Wildman–Crippen LogP) is 2.97. The zero-order valence-corrected chi connectivity index (χ0v) is 13.3. The van der Waals surface area contributed by atoms with Gasteiger partial charge in [0.25, 0.3) is 5.91 Å². The first-order valence-electron chi connectivity index (χ1n) is 7.11. The molecule has 1 heterocycles. The molecule has 3 rings (SSSR count). The first-order chi connectivity index (χ1) is 10.2. The lowest BCUT2D eigenvalue weighted by Gasteiger charge is -2.09. The van der Waals surface area contributed by atoms with Crippen LogP contribution in [0.3, 0.4) is 0 Å². The van der Waals surface area contributed by atoms with Gasteiger partial charge in [-0.25, -0.2) is 0 Å². The number of nitrogens with zero attached hydrogens (tertiary/aromatic N) is 1. The number of carbonyl (C=O) groups is 1. The average Bonchev–Trinajstić information content (AvgIpc) is 3.27. The Kier molecular flexibility index (Phi) is 4.12. The smallest absolute Gasteiger partial charge is 0.268 e. The molecule has 3 N–H and O–H groups in total. The van der Waals surface area contributed by atoms with Crippen molar-refractivity contribution in [1.82, 2.24) is 9.88 Å². The van der Waals surface area contributed by atoms with Crippen molar-refractivity contribution in [3.63, 3.8) is 0 Å². The summed E-state index contributed by atoms with van der Waals surface area (Å²) in [5.74, 6) is -0.0319. The van der Waals surface area contributed by atoms with Gasteiger partial charge in [0, 0.05) is 29.8 Å². The molecule has 1 aliphatic rings. The van der Waals surface area contributed by atoms with E-state index in [1.807, 2.05) is 36.5 Å². The molecule has 0 spiro atoms. The highest BCUT2D eigenvalue weighted by atomic mass is 79.9. The monoisotopic (exact) mass is 347 g/mol. The zero-order valence-electron chi connectivity index (χ0n) is 11.7. The van der Waals surface area contributed by atoms with Crippen LogP contribution in [0.4, 0.5) is 0 Å². The van der Waals surface area contributed by atoms with Crippen molar-refractivity contribution >= 4 is 21.8 Å². The average molecular weight is 348 g/mol. The van der Waals surface area contributed by atoms with Crippen LogP contribution >= 0.6 is 15.9 Å². The van der Waals surface area contributed by atoms with Crippen molar-refractivity contribution < 1.29 is 4.79 Å². The number of halogens is 1. The van der Waals surface area contributed by atoms with Gasteiger partial charge in [-0.2, -0.15) is 0 Å². The molecule has 0 aliphatic heterocycles. The number of hydrogen-bond acceptors (Lipinski definition) is 2. The molecule has 2 aromatic rings. The van der Waals surface area contributed by atoms with Crippen LogP contribution in [0.5, 0.6) is 0 Å². The standard InChI is InChI=1S/C16H18BrN3O/c17-13-7-15(20(10-13)14-5-6-14)16(21)19-9-12-3-1-11(8-18)2-4-12/h1-4,7,10,14H,5-6,8-9,18H2,(H,19,21). The van der Waals surface area contributed by atoms with Gasteiger partial charge in [0.2, 0.25) is 0 Å². The van der Waals surface area contributed by atoms with Gasteiger partial charge in [-0.15, -0.1) is 0 Å². The Labute approximate surface area is 132 Å². The molecule has 1 fully saturated rings. The fourth-order valence-electron chi connectivity index (χ4n) is 2.35. The molecule has 0 bridgehead atoms. The minimum absolute atomic E-state index is 0.0319. The van der Waals surface area contributed by atoms with Crippen LogP contribution in [0.25, 0.3) is 0 Å². The molecule has 1 aliphatic carbocycles. The Morgan fingerprint density at radius 3 is 2.57 bits per heavy atom. The van der Waals surface area contributed by atoms with Crippen LogP contribution in [-0.4, -0.2) is 10.5 Å². The lowest BCUT2D eigenvalue weighted by Crippen LogP contribution is -2.25. The number of benzene rings is 1. The molecule has 1 aromatic heterocycles. The van der Waals surface area contributed by atoms with Crippen molar-refractivity contribution in [2.75, 3.05) is 0 Å². The lowest BCUT2D eigenvalue weighted by atomic mass is 10.1. The Balaban J connectivity index is 1.65. The fourth-order valence-corrected chi connectivity index (χ4v) is 2.79. The zero-order chi connectivity index (χ0) is 14.8. The number of nitrogens with one attached hydrogen (secondary N) is 1. The Morgan fingerprint density at radius 2 is 1.95 bits per heavy atom. The summed E-state index contributed by atoms with van der Waals surface area (Å²) in [6.07, 6.45) is 4.30. The van der Waals surface area contributed by atoms with E-state index < -0.39 is 0 Å². The van der Waals surface area contributed by atoms with E-state index in [-0.39, 0.29) is 5.91 Å². The summed E-state index contributed by atoms with van der Waals surface area (Å²) in [4.78, 5) is 12.3. The molecule has 1 saturated carbocycles. The van der Waals surface area contributed by atoms with E-state index in [0.717, 1.165) is 34.1 Å². The van der Waals surface area contributed by atoms with Crippen LogP contribution in [0.1, 0.15) is 40.5 Å². The van der Waals surface area contributed by atoms with Crippen LogP contribution in [0.15, 0.2) is 41.0 Å². The second-order valence-corrected chi connectivity index (χ2v) is 6.30. The van der Waals surface area contributed by atoms with Crippen molar-refractivity contribution in [2.24, 2.45) is 5.73 Å². The summed E-state index contributed by atoms with van der Waals surface area (Å²) in [6, 6.07) is 10.3. The summed E-state index contributed by atoms with van der Waals surface area (Å²) < 4.78 is 3.02. The molecule has 110 valence electrons. The lowest BCUT2D eigenvalue weighted by molar-refractivity contribution is 0.0941. The molecule has 1 aromatic carbocycles. The van der Waals surface area contributed by atoms with Crippen molar-refractivity contribution in [3.8, 4) is 0 Å². The van der Waals surface area contributed by atoms with E-state index in [1.165, 1.54) is 0 Å². The number of hydrogen-bond donors (Lipinski definition) is 2. The highest BCUT2D eigenvalue weighted by molar-refractivity contribution is 9.10. The highest BCUT2D eigenvalue weighted by Gasteiger charge is 2.27. The molecule has 0 saturated heterocycles. The molecular formula is C16H18BrN3O. The van der Waals surface area contributed by atoms with Crippen molar-refractivity contribution in [3.05, 3.63) is 57.8 Å².